The van der Waals surface area contributed by atoms with Crippen molar-refractivity contribution in [1.82, 2.24) is 10.2 Å². The second kappa shape index (κ2) is 5.53. The Labute approximate surface area is 132 Å². The van der Waals surface area contributed by atoms with Gasteiger partial charge in [0.1, 0.15) is 11.3 Å². The standard InChI is InChI=1S/C18H14N4O/c1-12(17-10-13-6-3-5-9-16(13)23-17)20-22-18-15-8-4-2-7-14(15)11-19-21-18/h2-11H,1H3,(H,21,22). The van der Waals surface area contributed by atoms with E-state index in [0.29, 0.717) is 5.82 Å². The van der Waals surface area contributed by atoms with Crippen molar-refractivity contribution < 1.29 is 4.42 Å². The molecule has 0 fully saturated rings. The van der Waals surface area contributed by atoms with Gasteiger partial charge in [-0.3, -0.25) is 5.43 Å². The van der Waals surface area contributed by atoms with Gasteiger partial charge in [0.05, 0.1) is 6.20 Å². The number of hydrogen-bond donors (Lipinski definition) is 1. The molecule has 0 amide bonds. The topological polar surface area (TPSA) is 63.3 Å². The van der Waals surface area contributed by atoms with Gasteiger partial charge >= 0.3 is 0 Å². The Balaban J connectivity index is 1.67. The van der Waals surface area contributed by atoms with Gasteiger partial charge in [0.25, 0.3) is 0 Å². The molecule has 0 saturated heterocycles. The van der Waals surface area contributed by atoms with Gasteiger partial charge in [-0.15, -0.1) is 5.10 Å². The number of nitrogens with one attached hydrogen (secondary N) is 1. The Bertz CT molecular complexity index is 981. The minimum Gasteiger partial charge on any atom is -0.455 e. The Morgan fingerprint density at radius 3 is 2.70 bits per heavy atom. The molecule has 23 heavy (non-hydrogen) atoms. The second-order valence-electron chi connectivity index (χ2n) is 5.24. The van der Waals surface area contributed by atoms with Crippen molar-refractivity contribution in [2.45, 2.75) is 6.92 Å². The first-order chi connectivity index (χ1) is 11.3. The fourth-order valence-corrected chi connectivity index (χ4v) is 2.46. The van der Waals surface area contributed by atoms with E-state index in [0.717, 1.165) is 33.2 Å². The molecule has 0 saturated carbocycles. The maximum Gasteiger partial charge on any atom is 0.176 e. The quantitative estimate of drug-likeness (QED) is 0.455. The fraction of sp³-hybridized carbons (Fsp3) is 0.0556. The molecule has 0 aliphatic heterocycles. The number of hydrogen-bond acceptors (Lipinski definition) is 5. The maximum atomic E-state index is 5.80. The van der Waals surface area contributed by atoms with E-state index >= 15 is 0 Å². The zero-order valence-corrected chi connectivity index (χ0v) is 12.5. The summed E-state index contributed by atoms with van der Waals surface area (Å²) in [5.74, 6) is 1.35. The van der Waals surface area contributed by atoms with Crippen LogP contribution in [0, 0.1) is 0 Å². The molecule has 0 atom stereocenters. The van der Waals surface area contributed by atoms with Crippen LogP contribution in [-0.4, -0.2) is 15.9 Å². The van der Waals surface area contributed by atoms with Crippen LogP contribution in [0.5, 0.6) is 0 Å². The minimum atomic E-state index is 0.624. The minimum absolute atomic E-state index is 0.624. The highest BCUT2D eigenvalue weighted by molar-refractivity contribution is 6.00. The van der Waals surface area contributed by atoms with E-state index < -0.39 is 0 Å². The Kier molecular flexibility index (Phi) is 3.24. The highest BCUT2D eigenvalue weighted by Crippen LogP contribution is 2.21. The molecule has 112 valence electrons. The zero-order valence-electron chi connectivity index (χ0n) is 12.5. The van der Waals surface area contributed by atoms with Crippen molar-refractivity contribution in [3.05, 3.63) is 66.6 Å². The first-order valence-corrected chi connectivity index (χ1v) is 7.31. The van der Waals surface area contributed by atoms with Crippen molar-refractivity contribution in [2.24, 2.45) is 5.10 Å². The summed E-state index contributed by atoms with van der Waals surface area (Å²) in [4.78, 5) is 0. The van der Waals surface area contributed by atoms with Crippen molar-refractivity contribution >= 4 is 33.3 Å². The van der Waals surface area contributed by atoms with Crippen LogP contribution in [-0.2, 0) is 0 Å². The normalized spacial score (nSPS) is 12.0. The molecule has 0 spiro atoms. The van der Waals surface area contributed by atoms with Crippen molar-refractivity contribution in [3.63, 3.8) is 0 Å². The number of rotatable bonds is 3. The summed E-state index contributed by atoms with van der Waals surface area (Å²) >= 11 is 0. The molecule has 2 heterocycles. The molecule has 4 rings (SSSR count). The molecule has 0 aliphatic carbocycles. The van der Waals surface area contributed by atoms with Gasteiger partial charge in [-0.25, -0.2) is 0 Å². The average Bonchev–Trinajstić information content (AvgIpc) is 3.04. The van der Waals surface area contributed by atoms with E-state index in [4.69, 9.17) is 4.42 Å². The molecule has 0 bridgehead atoms. The predicted octanol–water partition coefficient (Wildman–Crippen LogP) is 4.21. The molecule has 1 N–H and O–H groups in total. The molecule has 0 radical (unpaired) electrons. The number of aromatic nitrogens is 2. The summed E-state index contributed by atoms with van der Waals surface area (Å²) in [5, 5.41) is 15.5. The third-order valence-electron chi connectivity index (χ3n) is 3.68. The summed E-state index contributed by atoms with van der Waals surface area (Å²) in [6, 6.07) is 17.8. The number of fused-ring (bicyclic) bond motifs is 2. The van der Waals surface area contributed by atoms with Crippen LogP contribution in [0.15, 0.2) is 70.3 Å². The highest BCUT2D eigenvalue weighted by Gasteiger charge is 2.07. The molecule has 0 aliphatic rings. The summed E-state index contributed by atoms with van der Waals surface area (Å²) < 4.78 is 5.80. The fourth-order valence-electron chi connectivity index (χ4n) is 2.46. The SMILES string of the molecule is CC(=NNc1nncc2ccccc12)c1cc2ccccc2o1. The molecular formula is C18H14N4O. The maximum absolute atomic E-state index is 5.80. The van der Waals surface area contributed by atoms with Gasteiger partial charge in [-0.1, -0.05) is 42.5 Å². The molecule has 0 unspecified atom stereocenters. The Morgan fingerprint density at radius 2 is 1.83 bits per heavy atom. The van der Waals surface area contributed by atoms with Crippen LogP contribution >= 0.6 is 0 Å². The number of hydrazone groups is 1. The molecule has 2 aromatic heterocycles. The van der Waals surface area contributed by atoms with Gasteiger partial charge < -0.3 is 4.42 Å². The van der Waals surface area contributed by atoms with E-state index in [1.807, 2.05) is 61.5 Å². The van der Waals surface area contributed by atoms with Crippen molar-refractivity contribution in [2.75, 3.05) is 5.43 Å². The molecule has 5 nitrogen and oxygen atoms in total. The lowest BCUT2D eigenvalue weighted by Gasteiger charge is -2.04. The monoisotopic (exact) mass is 302 g/mol. The second-order valence-corrected chi connectivity index (χ2v) is 5.24. The third-order valence-corrected chi connectivity index (χ3v) is 3.68. The van der Waals surface area contributed by atoms with Crippen LogP contribution in [0.2, 0.25) is 0 Å². The Hall–Kier alpha value is -3.21. The van der Waals surface area contributed by atoms with Gasteiger partial charge in [0, 0.05) is 16.2 Å². The lowest BCUT2D eigenvalue weighted by molar-refractivity contribution is 0.604. The highest BCUT2D eigenvalue weighted by atomic mass is 16.3. The van der Waals surface area contributed by atoms with Crippen LogP contribution in [0.4, 0.5) is 5.82 Å². The number of nitrogens with zero attached hydrogens (tertiary/aromatic N) is 3. The average molecular weight is 302 g/mol. The Morgan fingerprint density at radius 1 is 1.04 bits per heavy atom. The number of furan rings is 1. The summed E-state index contributed by atoms with van der Waals surface area (Å²) in [7, 11) is 0. The van der Waals surface area contributed by atoms with E-state index in [1.54, 1.807) is 6.20 Å². The molecule has 2 aromatic carbocycles. The van der Waals surface area contributed by atoms with Gasteiger partial charge in [-0.2, -0.15) is 10.2 Å². The number of benzene rings is 2. The van der Waals surface area contributed by atoms with Gasteiger partial charge in [0.2, 0.25) is 0 Å². The van der Waals surface area contributed by atoms with Crippen LogP contribution in [0.25, 0.3) is 21.7 Å². The van der Waals surface area contributed by atoms with E-state index in [-0.39, 0.29) is 0 Å². The lowest BCUT2D eigenvalue weighted by atomic mass is 10.2. The van der Waals surface area contributed by atoms with E-state index in [9.17, 15) is 0 Å². The smallest absolute Gasteiger partial charge is 0.176 e. The third kappa shape index (κ3) is 2.53. The van der Waals surface area contributed by atoms with Crippen molar-refractivity contribution in [3.8, 4) is 0 Å². The molecule has 4 aromatic rings. The largest absolute Gasteiger partial charge is 0.455 e. The first kappa shape index (κ1) is 13.5. The summed E-state index contributed by atoms with van der Waals surface area (Å²) in [6.45, 7) is 1.89. The van der Waals surface area contributed by atoms with Gasteiger partial charge in [0.15, 0.2) is 11.6 Å². The van der Waals surface area contributed by atoms with Crippen LogP contribution in [0.1, 0.15) is 12.7 Å². The number of para-hydroxylation sites is 1. The first-order valence-electron chi connectivity index (χ1n) is 7.31. The molecule has 5 heteroatoms. The van der Waals surface area contributed by atoms with Gasteiger partial charge in [-0.05, 0) is 19.1 Å². The van der Waals surface area contributed by atoms with Crippen molar-refractivity contribution in [1.29, 1.82) is 0 Å². The lowest BCUT2D eigenvalue weighted by Crippen LogP contribution is -2.01. The van der Waals surface area contributed by atoms with Crippen LogP contribution in [0.3, 0.4) is 0 Å². The van der Waals surface area contributed by atoms with Crippen LogP contribution < -0.4 is 5.43 Å². The summed E-state index contributed by atoms with van der Waals surface area (Å²) in [6.07, 6.45) is 1.73. The predicted molar refractivity (Wildman–Crippen MR) is 91.6 cm³/mol. The van der Waals surface area contributed by atoms with E-state index in [2.05, 4.69) is 20.7 Å². The zero-order chi connectivity index (χ0) is 15.6. The summed E-state index contributed by atoms with van der Waals surface area (Å²) in [5.41, 5.74) is 4.58. The molecular weight excluding hydrogens is 288 g/mol. The number of anilines is 1. The van der Waals surface area contributed by atoms with E-state index in [1.165, 1.54) is 0 Å².